The fraction of sp³-hybridized carbons (Fsp3) is 0.364. The first-order valence-electron chi connectivity index (χ1n) is 5.28. The van der Waals surface area contributed by atoms with Crippen molar-refractivity contribution in [3.05, 3.63) is 28.8 Å². The van der Waals surface area contributed by atoms with Gasteiger partial charge < -0.3 is 10.6 Å². The van der Waals surface area contributed by atoms with Crippen LogP contribution in [0.5, 0.6) is 0 Å². The van der Waals surface area contributed by atoms with Gasteiger partial charge in [-0.05, 0) is 12.1 Å². The van der Waals surface area contributed by atoms with Gasteiger partial charge in [-0.2, -0.15) is 0 Å². The van der Waals surface area contributed by atoms with Crippen molar-refractivity contribution >= 4 is 34.0 Å². The van der Waals surface area contributed by atoms with E-state index in [1.54, 1.807) is 23.1 Å². The molecular formula is C11H13ClN2O2S. The van der Waals surface area contributed by atoms with Crippen molar-refractivity contribution in [1.82, 2.24) is 4.90 Å². The third-order valence-electron chi connectivity index (χ3n) is 2.72. The summed E-state index contributed by atoms with van der Waals surface area (Å²) in [6, 6.07) is 5.02. The average molecular weight is 273 g/mol. The van der Waals surface area contributed by atoms with Crippen molar-refractivity contribution < 1.29 is 9.00 Å². The highest BCUT2D eigenvalue weighted by atomic mass is 35.5. The van der Waals surface area contributed by atoms with Gasteiger partial charge in [-0.3, -0.25) is 9.00 Å². The molecule has 1 saturated heterocycles. The highest BCUT2D eigenvalue weighted by molar-refractivity contribution is 7.85. The molecule has 0 aliphatic carbocycles. The van der Waals surface area contributed by atoms with E-state index in [2.05, 4.69) is 0 Å². The van der Waals surface area contributed by atoms with E-state index in [0.29, 0.717) is 40.9 Å². The zero-order valence-electron chi connectivity index (χ0n) is 9.19. The number of nitrogens with two attached hydrogens (primary N) is 1. The van der Waals surface area contributed by atoms with Gasteiger partial charge in [0.2, 0.25) is 0 Å². The molecule has 17 heavy (non-hydrogen) atoms. The first-order chi connectivity index (χ1) is 8.09. The lowest BCUT2D eigenvalue weighted by molar-refractivity contribution is 0.0771. The number of rotatable bonds is 1. The van der Waals surface area contributed by atoms with E-state index in [1.165, 1.54) is 0 Å². The van der Waals surface area contributed by atoms with Crippen LogP contribution in [0.15, 0.2) is 18.2 Å². The molecule has 1 aromatic carbocycles. The number of nitrogen functional groups attached to an aromatic ring is 1. The van der Waals surface area contributed by atoms with E-state index < -0.39 is 10.8 Å². The fourth-order valence-corrected chi connectivity index (χ4v) is 2.99. The third kappa shape index (κ3) is 2.61. The highest BCUT2D eigenvalue weighted by Gasteiger charge is 2.23. The maximum atomic E-state index is 12.2. The molecule has 0 saturated carbocycles. The second kappa shape index (κ2) is 5.06. The molecule has 1 aliphatic rings. The second-order valence-electron chi connectivity index (χ2n) is 3.85. The van der Waals surface area contributed by atoms with Crippen molar-refractivity contribution in [2.75, 3.05) is 30.3 Å². The van der Waals surface area contributed by atoms with E-state index in [0.717, 1.165) is 0 Å². The van der Waals surface area contributed by atoms with Crippen molar-refractivity contribution in [1.29, 1.82) is 0 Å². The summed E-state index contributed by atoms with van der Waals surface area (Å²) < 4.78 is 11.2. The van der Waals surface area contributed by atoms with Crippen molar-refractivity contribution in [3.63, 3.8) is 0 Å². The van der Waals surface area contributed by atoms with Crippen LogP contribution >= 0.6 is 11.6 Å². The van der Waals surface area contributed by atoms with Crippen LogP contribution in [0.3, 0.4) is 0 Å². The molecule has 2 rings (SSSR count). The number of carbonyl (C=O) groups is 1. The van der Waals surface area contributed by atoms with Crippen molar-refractivity contribution in [2.45, 2.75) is 0 Å². The van der Waals surface area contributed by atoms with Gasteiger partial charge in [0.1, 0.15) is 0 Å². The monoisotopic (exact) mass is 272 g/mol. The molecule has 4 nitrogen and oxygen atoms in total. The third-order valence-corrected chi connectivity index (χ3v) is 4.42. The minimum atomic E-state index is -0.795. The predicted molar refractivity (Wildman–Crippen MR) is 69.6 cm³/mol. The van der Waals surface area contributed by atoms with Crippen LogP contribution in [-0.4, -0.2) is 39.6 Å². The number of nitrogens with zero attached hydrogens (tertiary/aromatic N) is 1. The smallest absolute Gasteiger partial charge is 0.255 e. The summed E-state index contributed by atoms with van der Waals surface area (Å²) >= 11 is 6.00. The summed E-state index contributed by atoms with van der Waals surface area (Å²) in [6.07, 6.45) is 0. The molecule has 1 aromatic rings. The quantitative estimate of drug-likeness (QED) is 0.780. The van der Waals surface area contributed by atoms with Gasteiger partial charge >= 0.3 is 0 Å². The molecular weight excluding hydrogens is 260 g/mol. The van der Waals surface area contributed by atoms with Crippen LogP contribution in [-0.2, 0) is 10.8 Å². The molecule has 6 heteroatoms. The second-order valence-corrected chi connectivity index (χ2v) is 5.92. The van der Waals surface area contributed by atoms with Gasteiger partial charge in [-0.15, -0.1) is 0 Å². The van der Waals surface area contributed by atoms with E-state index in [4.69, 9.17) is 17.3 Å². The number of benzene rings is 1. The zero-order valence-corrected chi connectivity index (χ0v) is 10.8. The van der Waals surface area contributed by atoms with Gasteiger partial charge in [-0.1, -0.05) is 17.7 Å². The topological polar surface area (TPSA) is 63.4 Å². The van der Waals surface area contributed by atoms with E-state index in [9.17, 15) is 9.00 Å². The Morgan fingerprint density at radius 2 is 2.00 bits per heavy atom. The lowest BCUT2D eigenvalue weighted by atomic mass is 10.1. The molecule has 0 spiro atoms. The molecule has 0 unspecified atom stereocenters. The lowest BCUT2D eigenvalue weighted by Gasteiger charge is -2.26. The summed E-state index contributed by atoms with van der Waals surface area (Å²) in [5.74, 6) is 0.927. The standard InChI is InChI=1S/C11H13ClN2O2S/c12-10-8(2-1-3-9(10)13)11(15)14-4-6-17(16)7-5-14/h1-3H,4-7,13H2. The Bertz CT molecular complexity index is 469. The van der Waals surface area contributed by atoms with Crippen LogP contribution < -0.4 is 5.73 Å². The molecule has 92 valence electrons. The number of anilines is 1. The van der Waals surface area contributed by atoms with Gasteiger partial charge in [0, 0.05) is 35.4 Å². The molecule has 0 bridgehead atoms. The Morgan fingerprint density at radius 3 is 2.65 bits per heavy atom. The van der Waals surface area contributed by atoms with E-state index in [1.807, 2.05) is 0 Å². The van der Waals surface area contributed by atoms with Crippen molar-refractivity contribution in [2.24, 2.45) is 0 Å². The average Bonchev–Trinajstić information content (AvgIpc) is 2.33. The maximum absolute atomic E-state index is 12.2. The Hall–Kier alpha value is -1.07. The number of hydrogen-bond donors (Lipinski definition) is 1. The first-order valence-corrected chi connectivity index (χ1v) is 7.14. The summed E-state index contributed by atoms with van der Waals surface area (Å²) in [7, 11) is -0.795. The Morgan fingerprint density at radius 1 is 1.35 bits per heavy atom. The van der Waals surface area contributed by atoms with E-state index >= 15 is 0 Å². The summed E-state index contributed by atoms with van der Waals surface area (Å²) in [5, 5.41) is 0.296. The minimum absolute atomic E-state index is 0.140. The summed E-state index contributed by atoms with van der Waals surface area (Å²) in [6.45, 7) is 1.02. The van der Waals surface area contributed by atoms with Crippen LogP contribution in [0.25, 0.3) is 0 Å². The fourth-order valence-electron chi connectivity index (χ4n) is 1.73. The molecule has 2 N–H and O–H groups in total. The highest BCUT2D eigenvalue weighted by Crippen LogP contribution is 2.24. The van der Waals surface area contributed by atoms with Gasteiger partial charge in [0.25, 0.3) is 5.91 Å². The number of carbonyl (C=O) groups excluding carboxylic acids is 1. The zero-order chi connectivity index (χ0) is 12.4. The molecule has 1 amide bonds. The molecule has 0 radical (unpaired) electrons. The predicted octanol–water partition coefficient (Wildman–Crippen LogP) is 1.13. The molecule has 0 atom stereocenters. The van der Waals surface area contributed by atoms with Crippen molar-refractivity contribution in [3.8, 4) is 0 Å². The van der Waals surface area contributed by atoms with Crippen LogP contribution in [0, 0.1) is 0 Å². The SMILES string of the molecule is Nc1cccc(C(=O)N2CCS(=O)CC2)c1Cl. The Labute approximate surface area is 107 Å². The molecule has 0 aromatic heterocycles. The Kier molecular flexibility index (Phi) is 3.69. The van der Waals surface area contributed by atoms with Gasteiger partial charge in [0.15, 0.2) is 0 Å². The van der Waals surface area contributed by atoms with Crippen LogP contribution in [0.2, 0.25) is 5.02 Å². The Balaban J connectivity index is 2.20. The molecule has 1 aliphatic heterocycles. The van der Waals surface area contributed by atoms with Gasteiger partial charge in [-0.25, -0.2) is 0 Å². The maximum Gasteiger partial charge on any atom is 0.255 e. The number of halogens is 1. The molecule has 1 fully saturated rings. The van der Waals surface area contributed by atoms with Crippen LogP contribution in [0.1, 0.15) is 10.4 Å². The molecule has 1 heterocycles. The lowest BCUT2D eigenvalue weighted by Crippen LogP contribution is -2.41. The first kappa shape index (κ1) is 12.4. The van der Waals surface area contributed by atoms with Crippen LogP contribution in [0.4, 0.5) is 5.69 Å². The normalized spacial score (nSPS) is 17.1. The minimum Gasteiger partial charge on any atom is -0.398 e. The summed E-state index contributed by atoms with van der Waals surface area (Å²) in [4.78, 5) is 13.8. The number of hydrogen-bond acceptors (Lipinski definition) is 3. The number of amides is 1. The van der Waals surface area contributed by atoms with Gasteiger partial charge in [0.05, 0.1) is 16.3 Å². The summed E-state index contributed by atoms with van der Waals surface area (Å²) in [5.41, 5.74) is 6.48. The largest absolute Gasteiger partial charge is 0.398 e. The van der Waals surface area contributed by atoms with E-state index in [-0.39, 0.29) is 5.91 Å².